The van der Waals surface area contributed by atoms with Gasteiger partial charge in [-0.1, -0.05) is 164 Å². The third-order valence-corrected chi connectivity index (χ3v) is 10.6. The van der Waals surface area contributed by atoms with Crippen molar-refractivity contribution < 1.29 is 37.9 Å². The molecule has 1 amide bonds. The van der Waals surface area contributed by atoms with Gasteiger partial charge in [-0.05, 0) is 89.9 Å². The van der Waals surface area contributed by atoms with Crippen molar-refractivity contribution in [2.75, 3.05) is 26.4 Å². The van der Waals surface area contributed by atoms with Crippen LogP contribution < -0.4 is 5.32 Å². The topological polar surface area (TPSA) is 131 Å². The number of carbonyl (C=O) groups excluding carboxylic acids is 2. The number of amides is 1. The number of phosphoric ester groups is 1. The maximum Gasteiger partial charge on any atom is 0.472 e. The lowest BCUT2D eigenvalue weighted by atomic mass is 10.1. The summed E-state index contributed by atoms with van der Waals surface area (Å²) in [7, 11) is -4.43. The molecule has 0 spiro atoms. The molecule has 59 heavy (non-hydrogen) atoms. The van der Waals surface area contributed by atoms with Crippen molar-refractivity contribution in [3.05, 3.63) is 72.9 Å². The Kier molecular flexibility index (Phi) is 43.0. The minimum absolute atomic E-state index is 0.0691. The van der Waals surface area contributed by atoms with E-state index in [0.717, 1.165) is 89.9 Å². The quantitative estimate of drug-likeness (QED) is 0.0239. The van der Waals surface area contributed by atoms with Gasteiger partial charge in [-0.3, -0.25) is 18.6 Å². The number of hydrogen-bond acceptors (Lipinski definition) is 7. The van der Waals surface area contributed by atoms with Crippen LogP contribution in [-0.4, -0.2) is 54.3 Å². The van der Waals surface area contributed by atoms with Crippen molar-refractivity contribution in [3.63, 3.8) is 0 Å². The zero-order valence-electron chi connectivity index (χ0n) is 37.4. The van der Waals surface area contributed by atoms with Crippen molar-refractivity contribution in [1.29, 1.82) is 0 Å². The molecule has 0 bridgehead atoms. The molecule has 0 aliphatic heterocycles. The van der Waals surface area contributed by atoms with E-state index in [0.29, 0.717) is 6.42 Å². The van der Waals surface area contributed by atoms with Crippen LogP contribution in [0.15, 0.2) is 72.9 Å². The third-order valence-electron chi connectivity index (χ3n) is 9.61. The number of unbranched alkanes of at least 4 members (excludes halogenated alkanes) is 18. The SMILES string of the molecule is CCCCC/C=C\C/C=C\C/C=C\CCCCCCCCC(=O)NCCOP(=O)(O)OCC(O)COC(=O)CCCCCCCC/C=C\C/C=C\C/C=C\CCCCC. The summed E-state index contributed by atoms with van der Waals surface area (Å²) < 4.78 is 26.9. The molecule has 3 N–H and O–H groups in total. The van der Waals surface area contributed by atoms with Crippen molar-refractivity contribution >= 4 is 19.7 Å². The number of aliphatic hydroxyl groups excluding tert-OH is 1. The molecule has 0 saturated carbocycles. The molecular formula is C49H86NO8P. The highest BCUT2D eigenvalue weighted by Gasteiger charge is 2.23. The molecule has 2 unspecified atom stereocenters. The van der Waals surface area contributed by atoms with Gasteiger partial charge in [-0.2, -0.15) is 0 Å². The molecule has 0 aliphatic carbocycles. The van der Waals surface area contributed by atoms with E-state index in [1.807, 2.05) is 0 Å². The summed E-state index contributed by atoms with van der Waals surface area (Å²) in [6.07, 6.45) is 55.4. The molecule has 0 aromatic carbocycles. The molecule has 0 heterocycles. The van der Waals surface area contributed by atoms with Gasteiger partial charge in [0.15, 0.2) is 0 Å². The lowest BCUT2D eigenvalue weighted by Gasteiger charge is -2.15. The van der Waals surface area contributed by atoms with Gasteiger partial charge in [0, 0.05) is 19.4 Å². The predicted octanol–water partition coefficient (Wildman–Crippen LogP) is 13.4. The van der Waals surface area contributed by atoms with Crippen molar-refractivity contribution in [3.8, 4) is 0 Å². The van der Waals surface area contributed by atoms with Crippen molar-refractivity contribution in [1.82, 2.24) is 5.32 Å². The largest absolute Gasteiger partial charge is 0.472 e. The zero-order valence-corrected chi connectivity index (χ0v) is 38.3. The summed E-state index contributed by atoms with van der Waals surface area (Å²) in [4.78, 5) is 34.0. The number of esters is 1. The van der Waals surface area contributed by atoms with Crippen LogP contribution in [0.1, 0.15) is 194 Å². The summed E-state index contributed by atoms with van der Waals surface area (Å²) in [6, 6.07) is 0. The van der Waals surface area contributed by atoms with Crippen LogP contribution in [0.3, 0.4) is 0 Å². The molecule has 0 aromatic rings. The van der Waals surface area contributed by atoms with Crippen LogP contribution >= 0.6 is 7.82 Å². The van der Waals surface area contributed by atoms with Gasteiger partial charge < -0.3 is 20.1 Å². The van der Waals surface area contributed by atoms with E-state index in [2.05, 4.69) is 92.1 Å². The number of hydrogen-bond donors (Lipinski definition) is 3. The van der Waals surface area contributed by atoms with Gasteiger partial charge in [0.2, 0.25) is 5.91 Å². The minimum atomic E-state index is -4.43. The third kappa shape index (κ3) is 46.4. The van der Waals surface area contributed by atoms with E-state index >= 15 is 0 Å². The van der Waals surface area contributed by atoms with Crippen LogP contribution in [0.5, 0.6) is 0 Å². The Bertz CT molecular complexity index is 1190. The molecule has 340 valence electrons. The summed E-state index contributed by atoms with van der Waals surface area (Å²) in [6.45, 7) is 3.46. The summed E-state index contributed by atoms with van der Waals surface area (Å²) in [5.74, 6) is -0.545. The Morgan fingerprint density at radius 1 is 0.525 bits per heavy atom. The zero-order chi connectivity index (χ0) is 43.2. The van der Waals surface area contributed by atoms with E-state index < -0.39 is 26.5 Å². The smallest absolute Gasteiger partial charge is 0.463 e. The van der Waals surface area contributed by atoms with Crippen LogP contribution in [0, 0.1) is 0 Å². The van der Waals surface area contributed by atoms with E-state index in [-0.39, 0.29) is 32.1 Å². The number of carbonyl (C=O) groups is 2. The molecule has 0 saturated heterocycles. The molecule has 0 fully saturated rings. The lowest BCUT2D eigenvalue weighted by Crippen LogP contribution is -2.27. The first kappa shape index (κ1) is 56.5. The van der Waals surface area contributed by atoms with Gasteiger partial charge >= 0.3 is 13.8 Å². The molecule has 0 aliphatic rings. The highest BCUT2D eigenvalue weighted by Crippen LogP contribution is 2.42. The normalized spacial score (nSPS) is 13.9. The second-order valence-electron chi connectivity index (χ2n) is 15.4. The highest BCUT2D eigenvalue weighted by molar-refractivity contribution is 7.47. The molecule has 0 rings (SSSR count). The summed E-state index contributed by atoms with van der Waals surface area (Å²) in [5, 5.41) is 12.7. The van der Waals surface area contributed by atoms with Gasteiger partial charge in [-0.25, -0.2) is 4.57 Å². The average Bonchev–Trinajstić information content (AvgIpc) is 3.22. The summed E-state index contributed by atoms with van der Waals surface area (Å²) in [5.41, 5.74) is 0. The fourth-order valence-electron chi connectivity index (χ4n) is 6.04. The summed E-state index contributed by atoms with van der Waals surface area (Å²) >= 11 is 0. The Morgan fingerprint density at radius 2 is 0.915 bits per heavy atom. The molecule has 0 aromatic heterocycles. The standard InChI is InChI=1S/C49H86NO8P/c1-3-5-7-9-11-13-15-17-19-21-23-25-27-29-31-33-35-37-39-41-48(52)50-43-44-57-59(54,55)58-46-47(51)45-56-49(53)42-40-38-36-34-32-30-28-26-24-22-20-18-16-14-12-10-8-6-4-2/h11-14,17-20,23-26,47,51H,3-10,15-16,21-22,27-46H2,1-2H3,(H,50,52)(H,54,55)/b13-11-,14-12-,19-17-,20-18-,25-23-,26-24-. The Hall–Kier alpha value is -2.55. The van der Waals surface area contributed by atoms with E-state index in [1.54, 1.807) is 0 Å². The van der Waals surface area contributed by atoms with Crippen molar-refractivity contribution in [2.24, 2.45) is 0 Å². The van der Waals surface area contributed by atoms with Crippen molar-refractivity contribution in [2.45, 2.75) is 200 Å². The van der Waals surface area contributed by atoms with Crippen LogP contribution in [-0.2, 0) is 27.9 Å². The predicted molar refractivity (Wildman–Crippen MR) is 247 cm³/mol. The monoisotopic (exact) mass is 848 g/mol. The number of nitrogens with one attached hydrogen (secondary N) is 1. The van der Waals surface area contributed by atoms with E-state index in [1.165, 1.54) is 77.0 Å². The number of phosphoric acid groups is 1. The highest BCUT2D eigenvalue weighted by atomic mass is 31.2. The fourth-order valence-corrected chi connectivity index (χ4v) is 6.80. The Balaban J connectivity index is 3.65. The number of allylic oxidation sites excluding steroid dienone is 12. The molecule has 2 atom stereocenters. The lowest BCUT2D eigenvalue weighted by molar-refractivity contribution is -0.147. The molecule has 10 heteroatoms. The first-order valence-electron chi connectivity index (χ1n) is 23.4. The van der Waals surface area contributed by atoms with Gasteiger partial charge in [0.25, 0.3) is 0 Å². The van der Waals surface area contributed by atoms with Gasteiger partial charge in [0.1, 0.15) is 12.7 Å². The average molecular weight is 848 g/mol. The van der Waals surface area contributed by atoms with E-state index in [4.69, 9.17) is 13.8 Å². The first-order chi connectivity index (χ1) is 28.8. The maximum atomic E-state index is 12.1. The van der Waals surface area contributed by atoms with Crippen LogP contribution in [0.2, 0.25) is 0 Å². The minimum Gasteiger partial charge on any atom is -0.463 e. The molecule has 0 radical (unpaired) electrons. The fraction of sp³-hybridized carbons (Fsp3) is 0.714. The van der Waals surface area contributed by atoms with Gasteiger partial charge in [0.05, 0.1) is 13.2 Å². The maximum absolute atomic E-state index is 12.1. The number of rotatable bonds is 43. The number of aliphatic hydroxyl groups is 1. The Morgan fingerprint density at radius 3 is 1.37 bits per heavy atom. The molecule has 9 nitrogen and oxygen atoms in total. The Labute approximate surface area is 360 Å². The molecular weight excluding hydrogens is 762 g/mol. The number of ether oxygens (including phenoxy) is 1. The van der Waals surface area contributed by atoms with Crippen LogP contribution in [0.25, 0.3) is 0 Å². The van der Waals surface area contributed by atoms with Crippen LogP contribution in [0.4, 0.5) is 0 Å². The second-order valence-corrected chi connectivity index (χ2v) is 16.8. The van der Waals surface area contributed by atoms with Gasteiger partial charge in [-0.15, -0.1) is 0 Å². The second kappa shape index (κ2) is 45.0. The first-order valence-corrected chi connectivity index (χ1v) is 24.9. The van der Waals surface area contributed by atoms with E-state index in [9.17, 15) is 24.2 Å².